The summed E-state index contributed by atoms with van der Waals surface area (Å²) in [7, 11) is 0. The Labute approximate surface area is 214 Å². The van der Waals surface area contributed by atoms with Crippen LogP contribution in [-0.2, 0) is 30.4 Å². The molecule has 1 rings (SSSR count). The SMILES string of the molecule is NCCCCC(N)C(=O)NC(CC(N)=O)C(=O)NC(CCCCN)C(=O)NC(Cc1cnc[nH]1)C(=O)O. The number of aliphatic carboxylic acids is 1. The number of carboxylic acid groups (broad SMARTS) is 1. The van der Waals surface area contributed by atoms with Crippen LogP contribution in [-0.4, -0.2) is 81.9 Å². The van der Waals surface area contributed by atoms with E-state index < -0.39 is 60.2 Å². The van der Waals surface area contributed by atoms with Crippen LogP contribution < -0.4 is 38.9 Å². The molecule has 15 nitrogen and oxygen atoms in total. The maximum atomic E-state index is 13.0. The molecule has 0 aliphatic heterocycles. The van der Waals surface area contributed by atoms with E-state index in [1.807, 2.05) is 0 Å². The molecule has 0 aliphatic carbocycles. The summed E-state index contributed by atoms with van der Waals surface area (Å²) in [4.78, 5) is 68.3. The van der Waals surface area contributed by atoms with Gasteiger partial charge in [-0.05, 0) is 45.2 Å². The van der Waals surface area contributed by atoms with Crippen molar-refractivity contribution in [3.05, 3.63) is 18.2 Å². The van der Waals surface area contributed by atoms with Crippen LogP contribution >= 0.6 is 0 Å². The molecule has 1 heterocycles. The minimum Gasteiger partial charge on any atom is -0.480 e. The second-order valence-corrected chi connectivity index (χ2v) is 8.65. The lowest BCUT2D eigenvalue weighted by atomic mass is 10.0. The third kappa shape index (κ3) is 12.3. The molecule has 4 atom stereocenters. The smallest absolute Gasteiger partial charge is 0.326 e. The Morgan fingerprint density at radius 3 is 1.97 bits per heavy atom. The van der Waals surface area contributed by atoms with Crippen LogP contribution in [0.3, 0.4) is 0 Å². The van der Waals surface area contributed by atoms with Gasteiger partial charge < -0.3 is 49.0 Å². The number of H-pyrrole nitrogens is 1. The first kappa shape index (κ1) is 31.5. The molecule has 37 heavy (non-hydrogen) atoms. The minimum absolute atomic E-state index is 0.0626. The second kappa shape index (κ2) is 17.0. The van der Waals surface area contributed by atoms with Gasteiger partial charge in [-0.25, -0.2) is 9.78 Å². The number of aromatic amines is 1. The highest BCUT2D eigenvalue weighted by Crippen LogP contribution is 2.06. The predicted molar refractivity (Wildman–Crippen MR) is 133 cm³/mol. The van der Waals surface area contributed by atoms with Crippen molar-refractivity contribution in [2.24, 2.45) is 22.9 Å². The van der Waals surface area contributed by atoms with Crippen LogP contribution in [0.2, 0.25) is 0 Å². The lowest BCUT2D eigenvalue weighted by Crippen LogP contribution is -2.57. The lowest BCUT2D eigenvalue weighted by molar-refractivity contribution is -0.142. The summed E-state index contributed by atoms with van der Waals surface area (Å²) in [5.74, 6) is -4.38. The molecule has 4 unspecified atom stereocenters. The molecule has 0 aromatic carbocycles. The number of nitrogens with one attached hydrogen (secondary N) is 4. The van der Waals surface area contributed by atoms with Gasteiger partial charge in [0.2, 0.25) is 23.6 Å². The highest BCUT2D eigenvalue weighted by atomic mass is 16.4. The molecule has 0 spiro atoms. The Morgan fingerprint density at radius 1 is 0.865 bits per heavy atom. The summed E-state index contributed by atoms with van der Waals surface area (Å²) < 4.78 is 0. The van der Waals surface area contributed by atoms with Crippen molar-refractivity contribution in [3.63, 3.8) is 0 Å². The molecule has 0 radical (unpaired) electrons. The van der Waals surface area contributed by atoms with Gasteiger partial charge in [0, 0.05) is 18.3 Å². The Kier molecular flexibility index (Phi) is 14.5. The molecule has 0 aliphatic rings. The average Bonchev–Trinajstić information content (AvgIpc) is 3.35. The van der Waals surface area contributed by atoms with Crippen molar-refractivity contribution in [2.75, 3.05) is 13.1 Å². The van der Waals surface area contributed by atoms with Gasteiger partial charge in [0.15, 0.2) is 0 Å². The second-order valence-electron chi connectivity index (χ2n) is 8.65. The van der Waals surface area contributed by atoms with Crippen molar-refractivity contribution in [2.45, 2.75) is 75.5 Å². The zero-order valence-corrected chi connectivity index (χ0v) is 20.8. The zero-order valence-electron chi connectivity index (χ0n) is 20.8. The minimum atomic E-state index is -1.38. The van der Waals surface area contributed by atoms with Crippen molar-refractivity contribution >= 4 is 29.6 Å². The van der Waals surface area contributed by atoms with Crippen LogP contribution in [0.5, 0.6) is 0 Å². The fourth-order valence-corrected chi connectivity index (χ4v) is 3.45. The van der Waals surface area contributed by atoms with Gasteiger partial charge in [0.05, 0.1) is 18.8 Å². The van der Waals surface area contributed by atoms with E-state index in [0.29, 0.717) is 50.9 Å². The molecule has 13 N–H and O–H groups in total. The maximum absolute atomic E-state index is 13.0. The highest BCUT2D eigenvalue weighted by molar-refractivity contribution is 5.96. The van der Waals surface area contributed by atoms with Gasteiger partial charge in [-0.15, -0.1) is 0 Å². The standard InChI is InChI=1S/C22H39N9O6/c23-7-3-1-5-14(25)19(33)30-16(10-18(26)32)21(35)29-15(6-2-4-8-24)20(34)31-17(22(36)37)9-13-11-27-12-28-13/h11-12,14-17H,1-10,23-25H2,(H2,26,32)(H,27,28)(H,29,35)(H,30,33)(H,31,34)(H,36,37). The molecule has 1 aromatic rings. The number of amides is 4. The zero-order chi connectivity index (χ0) is 27.8. The van der Waals surface area contributed by atoms with E-state index in [4.69, 9.17) is 22.9 Å². The summed E-state index contributed by atoms with van der Waals surface area (Å²) >= 11 is 0. The highest BCUT2D eigenvalue weighted by Gasteiger charge is 2.31. The monoisotopic (exact) mass is 525 g/mol. The molecular formula is C22H39N9O6. The van der Waals surface area contributed by atoms with E-state index in [1.54, 1.807) is 0 Å². The third-order valence-corrected chi connectivity index (χ3v) is 5.52. The predicted octanol–water partition coefficient (Wildman–Crippen LogP) is -3.05. The molecule has 208 valence electrons. The number of carbonyl (C=O) groups excluding carboxylic acids is 4. The fourth-order valence-electron chi connectivity index (χ4n) is 3.45. The summed E-state index contributed by atoms with van der Waals surface area (Å²) in [5.41, 5.74) is 22.6. The van der Waals surface area contributed by atoms with Crippen molar-refractivity contribution < 1.29 is 29.1 Å². The van der Waals surface area contributed by atoms with E-state index >= 15 is 0 Å². The van der Waals surface area contributed by atoms with Gasteiger partial charge in [0.25, 0.3) is 0 Å². The fraction of sp³-hybridized carbons (Fsp3) is 0.636. The molecule has 0 bridgehead atoms. The van der Waals surface area contributed by atoms with Gasteiger partial charge in [-0.3, -0.25) is 19.2 Å². The third-order valence-electron chi connectivity index (χ3n) is 5.52. The summed E-state index contributed by atoms with van der Waals surface area (Å²) in [6.45, 7) is 0.793. The number of rotatable bonds is 19. The van der Waals surface area contributed by atoms with E-state index in [-0.39, 0.29) is 12.8 Å². The quantitative estimate of drug-likeness (QED) is 0.0823. The number of nitrogens with two attached hydrogens (primary N) is 4. The maximum Gasteiger partial charge on any atom is 0.326 e. The van der Waals surface area contributed by atoms with E-state index in [9.17, 15) is 29.1 Å². The topological polar surface area (TPSA) is 274 Å². The van der Waals surface area contributed by atoms with Crippen molar-refractivity contribution in [3.8, 4) is 0 Å². The van der Waals surface area contributed by atoms with Gasteiger partial charge >= 0.3 is 5.97 Å². The van der Waals surface area contributed by atoms with Gasteiger partial charge in [-0.1, -0.05) is 6.42 Å². The average molecular weight is 526 g/mol. The molecule has 0 saturated carbocycles. The van der Waals surface area contributed by atoms with Crippen LogP contribution in [0.25, 0.3) is 0 Å². The molecule has 4 amide bonds. The number of carboxylic acids is 1. The summed E-state index contributed by atoms with van der Waals surface area (Å²) in [6, 6.07) is -4.77. The van der Waals surface area contributed by atoms with E-state index in [0.717, 1.165) is 0 Å². The lowest BCUT2D eigenvalue weighted by Gasteiger charge is -2.25. The number of imidazole rings is 1. The van der Waals surface area contributed by atoms with Crippen molar-refractivity contribution in [1.29, 1.82) is 0 Å². The Hall–Kier alpha value is -3.56. The number of aromatic nitrogens is 2. The number of carbonyl (C=O) groups is 5. The summed E-state index contributed by atoms with van der Waals surface area (Å²) in [5, 5.41) is 16.9. The van der Waals surface area contributed by atoms with Crippen molar-refractivity contribution in [1.82, 2.24) is 25.9 Å². The normalized spacial score (nSPS) is 14.1. The van der Waals surface area contributed by atoms with E-state index in [2.05, 4.69) is 25.9 Å². The van der Waals surface area contributed by atoms with Crippen LogP contribution in [0.1, 0.15) is 50.6 Å². The first-order valence-electron chi connectivity index (χ1n) is 12.1. The summed E-state index contributed by atoms with van der Waals surface area (Å²) in [6.07, 6.45) is 4.96. The van der Waals surface area contributed by atoms with E-state index in [1.165, 1.54) is 12.5 Å². The number of hydrogen-bond acceptors (Lipinski definition) is 9. The first-order chi connectivity index (χ1) is 17.6. The molecule has 15 heteroatoms. The molecule has 0 fully saturated rings. The Balaban J connectivity index is 2.95. The molecular weight excluding hydrogens is 486 g/mol. The number of primary amides is 1. The first-order valence-corrected chi connectivity index (χ1v) is 12.1. The number of unbranched alkanes of at least 4 members (excludes halogenated alkanes) is 2. The number of hydrogen-bond donors (Lipinski definition) is 9. The van der Waals surface area contributed by atoms with Gasteiger partial charge in [0.1, 0.15) is 18.1 Å². The van der Waals surface area contributed by atoms with Gasteiger partial charge in [-0.2, -0.15) is 0 Å². The van der Waals surface area contributed by atoms with Crippen LogP contribution in [0, 0.1) is 0 Å². The molecule has 1 aromatic heterocycles. The Bertz CT molecular complexity index is 880. The number of nitrogens with zero attached hydrogens (tertiary/aromatic N) is 1. The Morgan fingerprint density at radius 2 is 1.43 bits per heavy atom. The van der Waals surface area contributed by atoms with Crippen LogP contribution in [0.4, 0.5) is 0 Å². The largest absolute Gasteiger partial charge is 0.480 e. The molecule has 0 saturated heterocycles. The van der Waals surface area contributed by atoms with Crippen LogP contribution in [0.15, 0.2) is 12.5 Å².